The minimum Gasteiger partial charge on any atom is -0.371 e. The second kappa shape index (κ2) is 10.6. The van der Waals surface area contributed by atoms with Crippen molar-refractivity contribution in [2.24, 2.45) is 0 Å². The first kappa shape index (κ1) is 22.3. The van der Waals surface area contributed by atoms with Gasteiger partial charge in [-0.1, -0.05) is 18.2 Å². The average Bonchev–Trinajstić information content (AvgIpc) is 3.24. The zero-order chi connectivity index (χ0) is 22.2. The first-order valence-corrected chi connectivity index (χ1v) is 10.7. The van der Waals surface area contributed by atoms with Gasteiger partial charge >= 0.3 is 0 Å². The lowest BCUT2D eigenvalue weighted by atomic mass is 10.1. The van der Waals surface area contributed by atoms with Crippen LogP contribution >= 0.6 is 0 Å². The molecule has 0 aliphatic carbocycles. The van der Waals surface area contributed by atoms with Gasteiger partial charge < -0.3 is 20.9 Å². The van der Waals surface area contributed by atoms with Crippen LogP contribution in [0.4, 0.5) is 17.1 Å². The first-order chi connectivity index (χ1) is 14.9. The predicted molar refractivity (Wildman–Crippen MR) is 123 cm³/mol. The molecule has 1 saturated heterocycles. The van der Waals surface area contributed by atoms with Gasteiger partial charge in [0.25, 0.3) is 0 Å². The molecule has 164 valence electrons. The molecule has 0 bridgehead atoms. The van der Waals surface area contributed by atoms with Gasteiger partial charge in [-0.2, -0.15) is 0 Å². The molecule has 1 atom stereocenters. The molecular formula is C24H30N4O3. The van der Waals surface area contributed by atoms with Crippen molar-refractivity contribution < 1.29 is 14.4 Å². The van der Waals surface area contributed by atoms with E-state index in [9.17, 15) is 14.4 Å². The number of carbonyl (C=O) groups is 3. The van der Waals surface area contributed by atoms with Crippen LogP contribution in [0.25, 0.3) is 0 Å². The van der Waals surface area contributed by atoms with E-state index >= 15 is 0 Å². The fourth-order valence-electron chi connectivity index (χ4n) is 3.72. The summed E-state index contributed by atoms with van der Waals surface area (Å²) >= 11 is 0. The van der Waals surface area contributed by atoms with Gasteiger partial charge in [-0.05, 0) is 55.7 Å². The van der Waals surface area contributed by atoms with E-state index in [1.165, 1.54) is 19.8 Å². The summed E-state index contributed by atoms with van der Waals surface area (Å²) in [4.78, 5) is 38.1. The number of nitrogens with zero attached hydrogens (tertiary/aromatic N) is 1. The molecular weight excluding hydrogens is 392 g/mol. The Labute approximate surface area is 183 Å². The highest BCUT2D eigenvalue weighted by Gasteiger charge is 2.15. The third-order valence-electron chi connectivity index (χ3n) is 5.14. The molecule has 1 fully saturated rings. The Morgan fingerprint density at radius 2 is 1.65 bits per heavy atom. The number of benzene rings is 2. The number of carbonyl (C=O) groups excluding carboxylic acids is 3. The van der Waals surface area contributed by atoms with Crippen molar-refractivity contribution in [1.82, 2.24) is 5.32 Å². The minimum atomic E-state index is -0.284. The normalized spacial score (nSPS) is 14.1. The van der Waals surface area contributed by atoms with Gasteiger partial charge in [0.15, 0.2) is 0 Å². The van der Waals surface area contributed by atoms with Crippen molar-refractivity contribution in [2.45, 2.75) is 45.6 Å². The van der Waals surface area contributed by atoms with Crippen LogP contribution in [-0.2, 0) is 20.8 Å². The molecule has 7 heteroatoms. The molecule has 31 heavy (non-hydrogen) atoms. The average molecular weight is 423 g/mol. The molecule has 1 unspecified atom stereocenters. The van der Waals surface area contributed by atoms with Crippen LogP contribution in [-0.4, -0.2) is 36.9 Å². The van der Waals surface area contributed by atoms with E-state index in [0.29, 0.717) is 5.69 Å². The van der Waals surface area contributed by atoms with Crippen molar-refractivity contribution >= 4 is 34.8 Å². The van der Waals surface area contributed by atoms with Crippen molar-refractivity contribution in [2.75, 3.05) is 28.6 Å². The summed E-state index contributed by atoms with van der Waals surface area (Å²) in [5.41, 5.74) is 3.42. The number of hydrogen-bond acceptors (Lipinski definition) is 4. The third-order valence-corrected chi connectivity index (χ3v) is 5.14. The standard InChI is InChI=1S/C24H30N4O3/c1-17(25-24(31)15-19-8-10-20(11-9-19)26-18(2)29)14-23(30)27-21-6-5-7-22(16-21)28-12-3-4-13-28/h5-11,16-17H,3-4,12-15H2,1-2H3,(H,25,31)(H,26,29)(H,27,30). The van der Waals surface area contributed by atoms with Crippen molar-refractivity contribution in [3.63, 3.8) is 0 Å². The molecule has 2 aromatic rings. The maximum absolute atomic E-state index is 12.4. The molecule has 0 aromatic heterocycles. The lowest BCUT2D eigenvalue weighted by Crippen LogP contribution is -2.36. The van der Waals surface area contributed by atoms with Crippen LogP contribution in [0.5, 0.6) is 0 Å². The van der Waals surface area contributed by atoms with Crippen molar-refractivity contribution in [3.05, 3.63) is 54.1 Å². The SMILES string of the molecule is CC(=O)Nc1ccc(CC(=O)NC(C)CC(=O)Nc2cccc(N3CCCC3)c2)cc1. The molecule has 7 nitrogen and oxygen atoms in total. The van der Waals surface area contributed by atoms with Crippen LogP contribution in [0, 0.1) is 0 Å². The summed E-state index contributed by atoms with van der Waals surface area (Å²) in [6.07, 6.45) is 2.81. The monoisotopic (exact) mass is 422 g/mol. The summed E-state index contributed by atoms with van der Waals surface area (Å²) in [6.45, 7) is 5.37. The fraction of sp³-hybridized carbons (Fsp3) is 0.375. The highest BCUT2D eigenvalue weighted by Crippen LogP contribution is 2.23. The predicted octanol–water partition coefficient (Wildman–Crippen LogP) is 3.32. The van der Waals surface area contributed by atoms with Gasteiger partial charge in [0, 0.05) is 49.5 Å². The second-order valence-corrected chi connectivity index (χ2v) is 8.02. The van der Waals surface area contributed by atoms with Crippen LogP contribution in [0.2, 0.25) is 0 Å². The lowest BCUT2D eigenvalue weighted by molar-refractivity contribution is -0.121. The molecule has 2 aromatic carbocycles. The molecule has 0 radical (unpaired) electrons. The quantitative estimate of drug-likeness (QED) is 0.609. The van der Waals surface area contributed by atoms with Gasteiger partial charge in [0.1, 0.15) is 0 Å². The fourth-order valence-corrected chi connectivity index (χ4v) is 3.72. The molecule has 0 saturated carbocycles. The van der Waals surface area contributed by atoms with Gasteiger partial charge in [-0.25, -0.2) is 0 Å². The summed E-state index contributed by atoms with van der Waals surface area (Å²) in [5.74, 6) is -0.421. The van der Waals surface area contributed by atoms with Gasteiger partial charge in [0.2, 0.25) is 17.7 Å². The lowest BCUT2D eigenvalue weighted by Gasteiger charge is -2.19. The van der Waals surface area contributed by atoms with Gasteiger partial charge in [0.05, 0.1) is 6.42 Å². The summed E-state index contributed by atoms with van der Waals surface area (Å²) in [7, 11) is 0. The van der Waals surface area contributed by atoms with E-state index in [1.54, 1.807) is 24.3 Å². The van der Waals surface area contributed by atoms with E-state index < -0.39 is 0 Å². The maximum Gasteiger partial charge on any atom is 0.226 e. The molecule has 3 amide bonds. The molecule has 1 aliphatic heterocycles. The number of hydrogen-bond donors (Lipinski definition) is 3. The van der Waals surface area contributed by atoms with Crippen molar-refractivity contribution in [1.29, 1.82) is 0 Å². The van der Waals surface area contributed by atoms with E-state index in [4.69, 9.17) is 0 Å². The zero-order valence-corrected chi connectivity index (χ0v) is 18.1. The highest BCUT2D eigenvalue weighted by molar-refractivity contribution is 5.92. The van der Waals surface area contributed by atoms with Crippen LogP contribution in [0.15, 0.2) is 48.5 Å². The summed E-state index contributed by atoms with van der Waals surface area (Å²) < 4.78 is 0. The summed E-state index contributed by atoms with van der Waals surface area (Å²) in [5, 5.41) is 8.49. The largest absolute Gasteiger partial charge is 0.371 e. The maximum atomic E-state index is 12.4. The number of amides is 3. The molecule has 3 N–H and O–H groups in total. The van der Waals surface area contributed by atoms with E-state index in [2.05, 4.69) is 26.9 Å². The third kappa shape index (κ3) is 7.13. The Morgan fingerprint density at radius 1 is 0.935 bits per heavy atom. The van der Waals surface area contributed by atoms with Crippen LogP contribution < -0.4 is 20.9 Å². The Bertz CT molecular complexity index is 921. The molecule has 3 rings (SSSR count). The van der Waals surface area contributed by atoms with Crippen LogP contribution in [0.3, 0.4) is 0 Å². The Kier molecular flexibility index (Phi) is 7.65. The smallest absolute Gasteiger partial charge is 0.226 e. The van der Waals surface area contributed by atoms with E-state index in [1.807, 2.05) is 25.1 Å². The Hall–Kier alpha value is -3.35. The molecule has 1 heterocycles. The second-order valence-electron chi connectivity index (χ2n) is 8.02. The first-order valence-electron chi connectivity index (χ1n) is 10.7. The molecule has 1 aliphatic rings. The number of anilines is 3. The Morgan fingerprint density at radius 3 is 2.32 bits per heavy atom. The molecule has 0 spiro atoms. The van der Waals surface area contributed by atoms with E-state index in [-0.39, 0.29) is 36.6 Å². The topological polar surface area (TPSA) is 90.5 Å². The van der Waals surface area contributed by atoms with Gasteiger partial charge in [-0.3, -0.25) is 14.4 Å². The van der Waals surface area contributed by atoms with E-state index in [0.717, 1.165) is 30.0 Å². The van der Waals surface area contributed by atoms with Crippen molar-refractivity contribution in [3.8, 4) is 0 Å². The van der Waals surface area contributed by atoms with Crippen LogP contribution in [0.1, 0.15) is 38.7 Å². The minimum absolute atomic E-state index is 0.133. The Balaban J connectivity index is 1.45. The zero-order valence-electron chi connectivity index (χ0n) is 18.1. The summed E-state index contributed by atoms with van der Waals surface area (Å²) in [6, 6.07) is 14.7. The highest BCUT2D eigenvalue weighted by atomic mass is 16.2. The van der Waals surface area contributed by atoms with Gasteiger partial charge in [-0.15, -0.1) is 0 Å². The number of rotatable bonds is 8. The number of nitrogens with one attached hydrogen (secondary N) is 3.